The SMILES string of the molecule is Cn1cc([C@]2(C)CN(c3noc(-c4ccccc4)n3)CCO2)cn1. The Labute approximate surface area is 139 Å². The summed E-state index contributed by atoms with van der Waals surface area (Å²) in [5, 5.41) is 8.39. The molecule has 1 saturated heterocycles. The Morgan fingerprint density at radius 1 is 1.21 bits per heavy atom. The van der Waals surface area contributed by atoms with Crippen LogP contribution in [0.25, 0.3) is 11.5 Å². The van der Waals surface area contributed by atoms with E-state index in [1.807, 2.05) is 49.8 Å². The minimum absolute atomic E-state index is 0.444. The molecule has 3 heterocycles. The molecule has 24 heavy (non-hydrogen) atoms. The van der Waals surface area contributed by atoms with E-state index in [4.69, 9.17) is 9.26 Å². The van der Waals surface area contributed by atoms with Gasteiger partial charge in [0.1, 0.15) is 5.60 Å². The largest absolute Gasteiger partial charge is 0.367 e. The smallest absolute Gasteiger partial charge is 0.266 e. The molecule has 1 aliphatic heterocycles. The molecule has 1 aromatic carbocycles. The highest BCUT2D eigenvalue weighted by atomic mass is 16.5. The fourth-order valence-corrected chi connectivity index (χ4v) is 2.95. The first-order chi connectivity index (χ1) is 11.6. The maximum Gasteiger partial charge on any atom is 0.266 e. The average Bonchev–Trinajstić information content (AvgIpc) is 3.25. The number of hydrogen-bond acceptors (Lipinski definition) is 6. The average molecular weight is 325 g/mol. The third-order valence-corrected chi connectivity index (χ3v) is 4.31. The quantitative estimate of drug-likeness (QED) is 0.735. The van der Waals surface area contributed by atoms with E-state index in [-0.39, 0.29) is 0 Å². The second-order valence-corrected chi connectivity index (χ2v) is 6.17. The number of nitrogens with zero attached hydrogens (tertiary/aromatic N) is 5. The molecule has 0 spiro atoms. The van der Waals surface area contributed by atoms with E-state index in [1.165, 1.54) is 0 Å². The Balaban J connectivity index is 1.58. The molecule has 0 unspecified atom stereocenters. The monoisotopic (exact) mass is 325 g/mol. The molecule has 1 atom stereocenters. The van der Waals surface area contributed by atoms with Gasteiger partial charge in [-0.05, 0) is 24.2 Å². The number of aromatic nitrogens is 4. The first kappa shape index (κ1) is 14.9. The molecular formula is C17H19N5O2. The highest BCUT2D eigenvalue weighted by Gasteiger charge is 2.36. The molecule has 2 aromatic heterocycles. The first-order valence-corrected chi connectivity index (χ1v) is 7.91. The third-order valence-electron chi connectivity index (χ3n) is 4.31. The van der Waals surface area contributed by atoms with Gasteiger partial charge in [-0.2, -0.15) is 10.1 Å². The van der Waals surface area contributed by atoms with Crippen molar-refractivity contribution in [2.45, 2.75) is 12.5 Å². The molecule has 0 radical (unpaired) electrons. The van der Waals surface area contributed by atoms with Crippen molar-refractivity contribution in [3.63, 3.8) is 0 Å². The number of aryl methyl sites for hydroxylation is 1. The molecular weight excluding hydrogens is 306 g/mol. The van der Waals surface area contributed by atoms with E-state index in [0.717, 1.165) is 17.7 Å². The summed E-state index contributed by atoms with van der Waals surface area (Å²) < 4.78 is 13.2. The van der Waals surface area contributed by atoms with Crippen LogP contribution in [0.15, 0.2) is 47.2 Å². The summed E-state index contributed by atoms with van der Waals surface area (Å²) in [6.07, 6.45) is 3.82. The van der Waals surface area contributed by atoms with Crippen molar-refractivity contribution in [1.29, 1.82) is 0 Å². The molecule has 1 aliphatic rings. The third kappa shape index (κ3) is 2.67. The molecule has 0 N–H and O–H groups in total. The lowest BCUT2D eigenvalue weighted by Crippen LogP contribution is -2.48. The zero-order chi connectivity index (χ0) is 16.6. The number of hydrogen-bond donors (Lipinski definition) is 0. The fourth-order valence-electron chi connectivity index (χ4n) is 2.95. The molecule has 7 heteroatoms. The highest BCUT2D eigenvalue weighted by molar-refractivity contribution is 5.54. The molecule has 0 bridgehead atoms. The summed E-state index contributed by atoms with van der Waals surface area (Å²) >= 11 is 0. The molecule has 0 aliphatic carbocycles. The zero-order valence-electron chi connectivity index (χ0n) is 13.7. The molecule has 1 fully saturated rings. The van der Waals surface area contributed by atoms with Crippen LogP contribution in [0.1, 0.15) is 12.5 Å². The Morgan fingerprint density at radius 3 is 2.79 bits per heavy atom. The van der Waals surface area contributed by atoms with Crippen LogP contribution in [0.5, 0.6) is 0 Å². The second-order valence-electron chi connectivity index (χ2n) is 6.17. The lowest BCUT2D eigenvalue weighted by atomic mass is 9.97. The number of morpholine rings is 1. The second kappa shape index (κ2) is 5.76. The van der Waals surface area contributed by atoms with Crippen LogP contribution in [-0.4, -0.2) is 39.6 Å². The molecule has 0 amide bonds. The highest BCUT2D eigenvalue weighted by Crippen LogP contribution is 2.31. The van der Waals surface area contributed by atoms with Gasteiger partial charge in [-0.1, -0.05) is 18.2 Å². The van der Waals surface area contributed by atoms with E-state index < -0.39 is 5.60 Å². The standard InChI is InChI=1S/C17H19N5O2/c1-17(14-10-18-21(2)11-14)12-22(8-9-23-17)16-19-15(24-20-16)13-6-4-3-5-7-13/h3-7,10-11H,8-9,12H2,1-2H3/t17-/m0/s1. The predicted molar refractivity (Wildman–Crippen MR) is 88.5 cm³/mol. The van der Waals surface area contributed by atoms with Crippen molar-refractivity contribution < 1.29 is 9.26 Å². The van der Waals surface area contributed by atoms with Gasteiger partial charge in [0.05, 0.1) is 19.3 Å². The maximum absolute atomic E-state index is 6.03. The van der Waals surface area contributed by atoms with Crippen molar-refractivity contribution in [2.75, 3.05) is 24.6 Å². The lowest BCUT2D eigenvalue weighted by molar-refractivity contribution is -0.0471. The van der Waals surface area contributed by atoms with Crippen molar-refractivity contribution in [3.8, 4) is 11.5 Å². The van der Waals surface area contributed by atoms with Gasteiger partial charge in [-0.15, -0.1) is 0 Å². The molecule has 4 rings (SSSR count). The van der Waals surface area contributed by atoms with Crippen LogP contribution < -0.4 is 4.90 Å². The Kier molecular flexibility index (Phi) is 3.57. The first-order valence-electron chi connectivity index (χ1n) is 7.91. The summed E-state index contributed by atoms with van der Waals surface area (Å²) in [4.78, 5) is 6.63. The van der Waals surface area contributed by atoms with E-state index >= 15 is 0 Å². The topological polar surface area (TPSA) is 69.2 Å². The van der Waals surface area contributed by atoms with Crippen LogP contribution in [0.2, 0.25) is 0 Å². The van der Waals surface area contributed by atoms with Crippen molar-refractivity contribution in [3.05, 3.63) is 48.3 Å². The molecule has 0 saturated carbocycles. The Hall–Kier alpha value is -2.67. The Morgan fingerprint density at radius 2 is 2.04 bits per heavy atom. The number of anilines is 1. The van der Waals surface area contributed by atoms with Gasteiger partial charge in [0.25, 0.3) is 11.8 Å². The normalized spacial score (nSPS) is 21.2. The van der Waals surface area contributed by atoms with Crippen LogP contribution in [0, 0.1) is 0 Å². The van der Waals surface area contributed by atoms with Gasteiger partial charge >= 0.3 is 0 Å². The summed E-state index contributed by atoms with van der Waals surface area (Å²) in [7, 11) is 1.90. The van der Waals surface area contributed by atoms with Crippen LogP contribution in [0.4, 0.5) is 5.95 Å². The van der Waals surface area contributed by atoms with Gasteiger partial charge < -0.3 is 14.2 Å². The van der Waals surface area contributed by atoms with E-state index in [9.17, 15) is 0 Å². The van der Waals surface area contributed by atoms with Gasteiger partial charge in [-0.25, -0.2) is 0 Å². The predicted octanol–water partition coefficient (Wildman–Crippen LogP) is 2.22. The Bertz CT molecular complexity index is 828. The summed E-state index contributed by atoms with van der Waals surface area (Å²) in [5.41, 5.74) is 1.51. The molecule has 124 valence electrons. The van der Waals surface area contributed by atoms with Crippen molar-refractivity contribution in [2.24, 2.45) is 7.05 Å². The van der Waals surface area contributed by atoms with Crippen molar-refractivity contribution in [1.82, 2.24) is 19.9 Å². The lowest BCUT2D eigenvalue weighted by Gasteiger charge is -2.39. The fraction of sp³-hybridized carbons (Fsp3) is 0.353. The summed E-state index contributed by atoms with van der Waals surface area (Å²) in [5.74, 6) is 1.12. The van der Waals surface area contributed by atoms with Gasteiger partial charge in [0.15, 0.2) is 0 Å². The molecule has 7 nitrogen and oxygen atoms in total. The minimum atomic E-state index is -0.444. The van der Waals surface area contributed by atoms with Crippen LogP contribution in [0.3, 0.4) is 0 Å². The number of rotatable bonds is 3. The van der Waals surface area contributed by atoms with Gasteiger partial charge in [0.2, 0.25) is 0 Å². The van der Waals surface area contributed by atoms with E-state index in [1.54, 1.807) is 4.68 Å². The van der Waals surface area contributed by atoms with Crippen LogP contribution in [-0.2, 0) is 17.4 Å². The van der Waals surface area contributed by atoms with Crippen LogP contribution >= 0.6 is 0 Å². The zero-order valence-corrected chi connectivity index (χ0v) is 13.7. The molecule has 3 aromatic rings. The number of ether oxygens (including phenoxy) is 1. The van der Waals surface area contributed by atoms with Gasteiger partial charge in [0, 0.05) is 30.9 Å². The van der Waals surface area contributed by atoms with Gasteiger partial charge in [-0.3, -0.25) is 4.68 Å². The maximum atomic E-state index is 6.03. The van der Waals surface area contributed by atoms with E-state index in [0.29, 0.717) is 25.0 Å². The number of benzene rings is 1. The summed E-state index contributed by atoms with van der Waals surface area (Å²) in [6, 6.07) is 9.77. The van der Waals surface area contributed by atoms with Crippen molar-refractivity contribution >= 4 is 5.95 Å². The summed E-state index contributed by atoms with van der Waals surface area (Å²) in [6.45, 7) is 4.03. The minimum Gasteiger partial charge on any atom is -0.367 e. The van der Waals surface area contributed by atoms with E-state index in [2.05, 4.69) is 27.1 Å².